The minimum atomic E-state index is -0.184. The SMILES string of the molecule is COc1ccc(/C=N/Nc2nnc(SCC(=O)Nc3ccc(I)cc3)n2N)cc1O. The van der Waals surface area contributed by atoms with Crippen molar-refractivity contribution in [1.82, 2.24) is 14.9 Å². The van der Waals surface area contributed by atoms with Gasteiger partial charge in [-0.2, -0.15) is 5.10 Å². The lowest BCUT2D eigenvalue weighted by Gasteiger charge is -2.05. The number of phenolic OH excluding ortho intramolecular Hbond substituents is 1. The van der Waals surface area contributed by atoms with Crippen molar-refractivity contribution in [2.45, 2.75) is 5.16 Å². The standard InChI is InChI=1S/C18H18IN7O3S/c1-29-15-7-2-11(8-14(15)27)9-21-23-17-24-25-18(26(17)20)30-10-16(28)22-13-5-3-12(19)4-6-13/h2-9,27H,10,20H2,1H3,(H,22,28)(H,23,24)/b21-9+. The predicted octanol–water partition coefficient (Wildman–Crippen LogP) is 2.49. The van der Waals surface area contributed by atoms with Crippen LogP contribution in [0, 0.1) is 3.57 Å². The van der Waals surface area contributed by atoms with Crippen LogP contribution < -0.4 is 21.3 Å². The Balaban J connectivity index is 1.53. The van der Waals surface area contributed by atoms with Crippen LogP contribution >= 0.6 is 34.4 Å². The molecule has 30 heavy (non-hydrogen) atoms. The van der Waals surface area contributed by atoms with Crippen molar-refractivity contribution < 1.29 is 14.6 Å². The fraction of sp³-hybridized carbons (Fsp3) is 0.111. The van der Waals surface area contributed by atoms with Gasteiger partial charge >= 0.3 is 0 Å². The van der Waals surface area contributed by atoms with Gasteiger partial charge in [0.05, 0.1) is 19.1 Å². The first-order valence-corrected chi connectivity index (χ1v) is 10.6. The molecule has 0 spiro atoms. The number of nitrogen functional groups attached to an aromatic ring is 1. The highest BCUT2D eigenvalue weighted by Crippen LogP contribution is 2.25. The molecule has 5 N–H and O–H groups in total. The van der Waals surface area contributed by atoms with Crippen molar-refractivity contribution >= 4 is 58.1 Å². The van der Waals surface area contributed by atoms with Gasteiger partial charge in [-0.15, -0.1) is 10.2 Å². The number of methoxy groups -OCH3 is 1. The molecule has 1 heterocycles. The third-order valence-corrected chi connectivity index (χ3v) is 5.37. The van der Waals surface area contributed by atoms with Crippen LogP contribution in [0.25, 0.3) is 0 Å². The molecule has 0 fully saturated rings. The number of nitrogens with one attached hydrogen (secondary N) is 2. The van der Waals surface area contributed by atoms with Gasteiger partial charge in [-0.1, -0.05) is 11.8 Å². The molecule has 0 aliphatic rings. The Labute approximate surface area is 190 Å². The van der Waals surface area contributed by atoms with Crippen molar-refractivity contribution in [3.05, 3.63) is 51.6 Å². The molecule has 0 saturated carbocycles. The number of nitrogens with zero attached hydrogens (tertiary/aromatic N) is 4. The summed E-state index contributed by atoms with van der Waals surface area (Å²) in [6.45, 7) is 0. The normalized spacial score (nSPS) is 10.9. The molecule has 12 heteroatoms. The largest absolute Gasteiger partial charge is 0.504 e. The highest BCUT2D eigenvalue weighted by molar-refractivity contribution is 14.1. The highest BCUT2D eigenvalue weighted by Gasteiger charge is 2.12. The molecule has 3 aromatic rings. The summed E-state index contributed by atoms with van der Waals surface area (Å²) in [5, 5.41) is 24.8. The number of aromatic hydroxyl groups is 1. The molecule has 0 unspecified atom stereocenters. The van der Waals surface area contributed by atoms with Gasteiger partial charge in [0.15, 0.2) is 11.5 Å². The first-order chi connectivity index (χ1) is 14.5. The van der Waals surface area contributed by atoms with E-state index in [1.807, 2.05) is 24.3 Å². The molecular weight excluding hydrogens is 521 g/mol. The second kappa shape index (κ2) is 10.2. The van der Waals surface area contributed by atoms with Gasteiger partial charge < -0.3 is 21.0 Å². The monoisotopic (exact) mass is 539 g/mol. The molecule has 0 atom stereocenters. The maximum atomic E-state index is 12.1. The van der Waals surface area contributed by atoms with Crippen LogP contribution in [0.5, 0.6) is 11.5 Å². The van der Waals surface area contributed by atoms with E-state index in [4.69, 9.17) is 10.6 Å². The van der Waals surface area contributed by atoms with Gasteiger partial charge in [0.2, 0.25) is 11.1 Å². The first kappa shape index (κ1) is 21.7. The summed E-state index contributed by atoms with van der Waals surface area (Å²) >= 11 is 3.34. The lowest BCUT2D eigenvalue weighted by atomic mass is 10.2. The van der Waals surface area contributed by atoms with E-state index in [2.05, 4.69) is 48.6 Å². The molecule has 0 saturated heterocycles. The van der Waals surface area contributed by atoms with Crippen molar-refractivity contribution in [2.24, 2.45) is 5.10 Å². The topological polar surface area (TPSA) is 140 Å². The molecule has 1 amide bonds. The number of hydrogen-bond acceptors (Lipinski definition) is 9. The number of aromatic nitrogens is 3. The van der Waals surface area contributed by atoms with Crippen LogP contribution in [0.3, 0.4) is 0 Å². The van der Waals surface area contributed by atoms with E-state index in [1.165, 1.54) is 24.1 Å². The molecule has 3 rings (SSSR count). The molecule has 0 aliphatic heterocycles. The predicted molar refractivity (Wildman–Crippen MR) is 125 cm³/mol. The summed E-state index contributed by atoms with van der Waals surface area (Å²) < 4.78 is 7.28. The maximum Gasteiger partial charge on any atom is 0.264 e. The summed E-state index contributed by atoms with van der Waals surface area (Å²) in [4.78, 5) is 12.1. The fourth-order valence-electron chi connectivity index (χ4n) is 2.26. The van der Waals surface area contributed by atoms with Crippen molar-refractivity contribution in [2.75, 3.05) is 29.4 Å². The molecule has 10 nitrogen and oxygen atoms in total. The minimum Gasteiger partial charge on any atom is -0.504 e. The third-order valence-electron chi connectivity index (χ3n) is 3.71. The zero-order chi connectivity index (χ0) is 21.5. The Kier molecular flexibility index (Phi) is 7.35. The summed E-state index contributed by atoms with van der Waals surface area (Å²) in [5.74, 6) is 6.46. The zero-order valence-corrected chi connectivity index (χ0v) is 18.7. The molecule has 156 valence electrons. The van der Waals surface area contributed by atoms with Gasteiger partial charge in [-0.3, -0.25) is 4.79 Å². The average Bonchev–Trinajstić information content (AvgIpc) is 3.08. The van der Waals surface area contributed by atoms with Crippen LogP contribution in [-0.2, 0) is 4.79 Å². The number of carbonyl (C=O) groups is 1. The van der Waals surface area contributed by atoms with E-state index in [0.29, 0.717) is 16.5 Å². The lowest BCUT2D eigenvalue weighted by molar-refractivity contribution is -0.113. The number of phenols is 1. The third kappa shape index (κ3) is 5.76. The number of hydrogen-bond donors (Lipinski definition) is 4. The molecule has 0 radical (unpaired) electrons. The van der Waals surface area contributed by atoms with Crippen LogP contribution in [0.15, 0.2) is 52.7 Å². The van der Waals surface area contributed by atoms with Gasteiger partial charge in [0, 0.05) is 9.26 Å². The highest BCUT2D eigenvalue weighted by atomic mass is 127. The summed E-state index contributed by atoms with van der Waals surface area (Å²) in [5.41, 5.74) is 4.03. The number of halogens is 1. The smallest absolute Gasteiger partial charge is 0.264 e. The number of thioether (sulfide) groups is 1. The van der Waals surface area contributed by atoms with Crippen molar-refractivity contribution in [3.8, 4) is 11.5 Å². The number of anilines is 2. The number of rotatable bonds is 8. The first-order valence-electron chi connectivity index (χ1n) is 8.51. The summed E-state index contributed by atoms with van der Waals surface area (Å²) in [7, 11) is 1.47. The van der Waals surface area contributed by atoms with E-state index >= 15 is 0 Å². The van der Waals surface area contributed by atoms with Crippen molar-refractivity contribution in [1.29, 1.82) is 0 Å². The van der Waals surface area contributed by atoms with E-state index in [-0.39, 0.29) is 23.4 Å². The second-order valence-electron chi connectivity index (χ2n) is 5.82. The Morgan fingerprint density at radius 1 is 1.33 bits per heavy atom. The number of carbonyl (C=O) groups excluding carboxylic acids is 1. The lowest BCUT2D eigenvalue weighted by Crippen LogP contribution is -2.16. The van der Waals surface area contributed by atoms with E-state index in [0.717, 1.165) is 21.0 Å². The molecule has 0 bridgehead atoms. The Morgan fingerprint density at radius 3 is 2.80 bits per heavy atom. The van der Waals surface area contributed by atoms with Gasteiger partial charge in [0.25, 0.3) is 5.95 Å². The molecule has 1 aromatic heterocycles. The van der Waals surface area contributed by atoms with E-state index in [9.17, 15) is 9.90 Å². The second-order valence-corrected chi connectivity index (χ2v) is 8.01. The number of ether oxygens (including phenoxy) is 1. The maximum absolute atomic E-state index is 12.1. The van der Waals surface area contributed by atoms with Crippen LogP contribution in [0.2, 0.25) is 0 Å². The van der Waals surface area contributed by atoms with E-state index < -0.39 is 0 Å². The number of hydrazone groups is 1. The number of benzene rings is 2. The van der Waals surface area contributed by atoms with Gasteiger partial charge in [-0.05, 0) is 70.6 Å². The fourth-order valence-corrected chi connectivity index (χ4v) is 3.28. The minimum absolute atomic E-state index is 0.00522. The molecule has 2 aromatic carbocycles. The molecular formula is C18H18IN7O3S. The summed E-state index contributed by atoms with van der Waals surface area (Å²) in [6.07, 6.45) is 1.48. The van der Waals surface area contributed by atoms with Crippen LogP contribution in [0.4, 0.5) is 11.6 Å². The zero-order valence-electron chi connectivity index (χ0n) is 15.7. The van der Waals surface area contributed by atoms with Crippen LogP contribution in [0.1, 0.15) is 5.56 Å². The van der Waals surface area contributed by atoms with Crippen LogP contribution in [-0.4, -0.2) is 45.0 Å². The quantitative estimate of drug-likeness (QED) is 0.113. The number of amides is 1. The Morgan fingerprint density at radius 2 is 2.10 bits per heavy atom. The number of nitrogens with two attached hydrogens (primary N) is 1. The summed E-state index contributed by atoms with van der Waals surface area (Å²) in [6, 6.07) is 12.3. The Hall–Kier alpha value is -3.00. The van der Waals surface area contributed by atoms with Gasteiger partial charge in [-0.25, -0.2) is 10.1 Å². The van der Waals surface area contributed by atoms with Crippen molar-refractivity contribution in [3.63, 3.8) is 0 Å². The van der Waals surface area contributed by atoms with E-state index in [1.54, 1.807) is 12.1 Å². The molecule has 0 aliphatic carbocycles. The van der Waals surface area contributed by atoms with Gasteiger partial charge in [0.1, 0.15) is 0 Å². The average molecular weight is 539 g/mol. The Bertz CT molecular complexity index is 1060.